The lowest BCUT2D eigenvalue weighted by atomic mass is 9.98. The zero-order valence-corrected chi connectivity index (χ0v) is 13.4. The van der Waals surface area contributed by atoms with Gasteiger partial charge in [-0.05, 0) is 57.8 Å². The molecule has 1 saturated heterocycles. The molecule has 0 spiro atoms. The molecular weight excluding hydrogens is 248 g/mol. The van der Waals surface area contributed by atoms with Crippen LogP contribution in [0.2, 0.25) is 0 Å². The van der Waals surface area contributed by atoms with Gasteiger partial charge in [0.1, 0.15) is 11.5 Å². The summed E-state index contributed by atoms with van der Waals surface area (Å²) in [6, 6.07) is 2.24. The van der Waals surface area contributed by atoms with Gasteiger partial charge in [-0.3, -0.25) is 4.90 Å². The number of hydrogen-bond donors (Lipinski definition) is 1. The predicted molar refractivity (Wildman–Crippen MR) is 83.7 cm³/mol. The smallest absolute Gasteiger partial charge is 0.118 e. The molecule has 1 aromatic heterocycles. The average Bonchev–Trinajstić information content (AvgIpc) is 2.65. The van der Waals surface area contributed by atoms with Gasteiger partial charge in [-0.2, -0.15) is 0 Å². The molecule has 1 aromatic rings. The van der Waals surface area contributed by atoms with E-state index in [1.54, 1.807) is 0 Å². The van der Waals surface area contributed by atoms with Gasteiger partial charge in [-0.15, -0.1) is 0 Å². The number of hydrogen-bond acceptors (Lipinski definition) is 3. The van der Waals surface area contributed by atoms with E-state index in [2.05, 4.69) is 37.1 Å². The highest BCUT2D eigenvalue weighted by atomic mass is 16.3. The highest BCUT2D eigenvalue weighted by molar-refractivity contribution is 5.20. The van der Waals surface area contributed by atoms with Crippen LogP contribution in [0.4, 0.5) is 0 Å². The largest absolute Gasteiger partial charge is 0.465 e. The van der Waals surface area contributed by atoms with E-state index in [-0.39, 0.29) is 0 Å². The van der Waals surface area contributed by atoms with Gasteiger partial charge in [-0.25, -0.2) is 0 Å². The third-order valence-corrected chi connectivity index (χ3v) is 4.53. The van der Waals surface area contributed by atoms with Crippen LogP contribution < -0.4 is 5.32 Å². The number of aryl methyl sites for hydroxylation is 1. The highest BCUT2D eigenvalue weighted by Gasteiger charge is 2.17. The van der Waals surface area contributed by atoms with E-state index in [0.717, 1.165) is 37.1 Å². The molecule has 1 fully saturated rings. The lowest BCUT2D eigenvalue weighted by Crippen LogP contribution is -2.24. The summed E-state index contributed by atoms with van der Waals surface area (Å²) in [6.45, 7) is 11.9. The summed E-state index contributed by atoms with van der Waals surface area (Å²) in [7, 11) is 0. The zero-order valence-electron chi connectivity index (χ0n) is 13.4. The van der Waals surface area contributed by atoms with Crippen LogP contribution in [-0.2, 0) is 13.1 Å². The summed E-state index contributed by atoms with van der Waals surface area (Å²) < 4.78 is 5.84. The quantitative estimate of drug-likeness (QED) is 0.860. The molecule has 0 radical (unpaired) electrons. The van der Waals surface area contributed by atoms with Crippen molar-refractivity contribution >= 4 is 0 Å². The van der Waals surface area contributed by atoms with Gasteiger partial charge in [0.25, 0.3) is 0 Å². The van der Waals surface area contributed by atoms with E-state index in [9.17, 15) is 0 Å². The Bertz CT molecular complexity index is 400. The standard InChI is InChI=1S/C17H30N2O/c1-4-15-7-6-9-19(10-8-15)13-16-11-17(12-18-5-2)20-14(16)3/h11,15,18H,4-10,12-13H2,1-3H3. The predicted octanol–water partition coefficient (Wildman–Crippen LogP) is 3.71. The van der Waals surface area contributed by atoms with Gasteiger partial charge in [0.15, 0.2) is 0 Å². The Morgan fingerprint density at radius 3 is 2.90 bits per heavy atom. The fourth-order valence-corrected chi connectivity index (χ4v) is 3.11. The minimum Gasteiger partial charge on any atom is -0.465 e. The molecule has 1 aliphatic heterocycles. The van der Waals surface area contributed by atoms with E-state index in [4.69, 9.17) is 4.42 Å². The Balaban J connectivity index is 1.90. The van der Waals surface area contributed by atoms with Crippen molar-refractivity contribution in [3.63, 3.8) is 0 Å². The third kappa shape index (κ3) is 4.35. The molecule has 1 unspecified atom stereocenters. The molecule has 0 aromatic carbocycles. The molecule has 2 heterocycles. The van der Waals surface area contributed by atoms with Crippen LogP contribution in [0.25, 0.3) is 0 Å². The molecule has 1 N–H and O–H groups in total. The van der Waals surface area contributed by atoms with Gasteiger partial charge >= 0.3 is 0 Å². The van der Waals surface area contributed by atoms with E-state index in [1.807, 2.05) is 0 Å². The zero-order chi connectivity index (χ0) is 14.4. The van der Waals surface area contributed by atoms with Crippen LogP contribution in [0, 0.1) is 12.8 Å². The van der Waals surface area contributed by atoms with Crippen molar-refractivity contribution in [3.05, 3.63) is 23.2 Å². The van der Waals surface area contributed by atoms with Gasteiger partial charge in [0.05, 0.1) is 6.54 Å². The Morgan fingerprint density at radius 2 is 2.15 bits per heavy atom. The number of rotatable bonds is 6. The van der Waals surface area contributed by atoms with Crippen molar-refractivity contribution in [3.8, 4) is 0 Å². The molecule has 1 atom stereocenters. The van der Waals surface area contributed by atoms with E-state index < -0.39 is 0 Å². The normalized spacial score (nSPS) is 21.1. The van der Waals surface area contributed by atoms with Crippen LogP contribution in [0.15, 0.2) is 10.5 Å². The molecular formula is C17H30N2O. The molecule has 1 aliphatic rings. The molecule has 0 amide bonds. The van der Waals surface area contributed by atoms with Crippen LogP contribution in [0.1, 0.15) is 56.6 Å². The van der Waals surface area contributed by atoms with Crippen LogP contribution >= 0.6 is 0 Å². The summed E-state index contributed by atoms with van der Waals surface area (Å²) in [6.07, 6.45) is 5.45. The summed E-state index contributed by atoms with van der Waals surface area (Å²) in [5.74, 6) is 3.10. The van der Waals surface area contributed by atoms with Gasteiger partial charge in [0, 0.05) is 12.1 Å². The molecule has 0 aliphatic carbocycles. The van der Waals surface area contributed by atoms with E-state index in [0.29, 0.717) is 0 Å². The summed E-state index contributed by atoms with van der Waals surface area (Å²) in [4.78, 5) is 2.60. The lowest BCUT2D eigenvalue weighted by molar-refractivity contribution is 0.270. The summed E-state index contributed by atoms with van der Waals surface area (Å²) >= 11 is 0. The first-order valence-corrected chi connectivity index (χ1v) is 8.24. The van der Waals surface area contributed by atoms with Crippen LogP contribution in [0.3, 0.4) is 0 Å². The summed E-state index contributed by atoms with van der Waals surface area (Å²) in [5, 5.41) is 3.32. The molecule has 114 valence electrons. The monoisotopic (exact) mass is 278 g/mol. The van der Waals surface area contributed by atoms with Crippen molar-refractivity contribution in [1.29, 1.82) is 0 Å². The van der Waals surface area contributed by atoms with Crippen molar-refractivity contribution < 1.29 is 4.42 Å². The number of nitrogens with zero attached hydrogens (tertiary/aromatic N) is 1. The van der Waals surface area contributed by atoms with Crippen LogP contribution in [-0.4, -0.2) is 24.5 Å². The minimum absolute atomic E-state index is 0.843. The van der Waals surface area contributed by atoms with Crippen molar-refractivity contribution in [2.45, 2.75) is 59.5 Å². The summed E-state index contributed by atoms with van der Waals surface area (Å²) in [5.41, 5.74) is 1.37. The lowest BCUT2D eigenvalue weighted by Gasteiger charge is -2.19. The fraction of sp³-hybridized carbons (Fsp3) is 0.765. The van der Waals surface area contributed by atoms with Gasteiger partial charge < -0.3 is 9.73 Å². The average molecular weight is 278 g/mol. The molecule has 3 nitrogen and oxygen atoms in total. The topological polar surface area (TPSA) is 28.4 Å². The molecule has 20 heavy (non-hydrogen) atoms. The maximum absolute atomic E-state index is 5.84. The number of nitrogens with one attached hydrogen (secondary N) is 1. The minimum atomic E-state index is 0.843. The van der Waals surface area contributed by atoms with E-state index >= 15 is 0 Å². The SMILES string of the molecule is CCNCc1cc(CN2CCCC(CC)CC2)c(C)o1. The third-order valence-electron chi connectivity index (χ3n) is 4.53. The maximum Gasteiger partial charge on any atom is 0.118 e. The maximum atomic E-state index is 5.84. The first-order valence-electron chi connectivity index (χ1n) is 8.24. The van der Waals surface area contributed by atoms with Gasteiger partial charge in [0.2, 0.25) is 0 Å². The molecule has 3 heteroatoms. The van der Waals surface area contributed by atoms with Crippen molar-refractivity contribution in [1.82, 2.24) is 10.2 Å². The first kappa shape index (κ1) is 15.6. The molecule has 0 bridgehead atoms. The number of furan rings is 1. The second kappa shape index (κ2) is 7.84. The first-order chi connectivity index (χ1) is 9.72. The second-order valence-corrected chi connectivity index (χ2v) is 6.06. The van der Waals surface area contributed by atoms with Crippen molar-refractivity contribution in [2.24, 2.45) is 5.92 Å². The van der Waals surface area contributed by atoms with Crippen LogP contribution in [0.5, 0.6) is 0 Å². The molecule has 2 rings (SSSR count). The van der Waals surface area contributed by atoms with Crippen molar-refractivity contribution in [2.75, 3.05) is 19.6 Å². The fourth-order valence-electron chi connectivity index (χ4n) is 3.11. The van der Waals surface area contributed by atoms with Gasteiger partial charge in [-0.1, -0.05) is 20.3 Å². The number of likely N-dealkylation sites (tertiary alicyclic amines) is 1. The Labute approximate surface area is 123 Å². The van der Waals surface area contributed by atoms with E-state index in [1.165, 1.54) is 44.3 Å². The Morgan fingerprint density at radius 1 is 1.30 bits per heavy atom. The Kier molecular flexibility index (Phi) is 6.11. The Hall–Kier alpha value is -0.800. The molecule has 0 saturated carbocycles. The second-order valence-electron chi connectivity index (χ2n) is 6.06. The highest BCUT2D eigenvalue weighted by Crippen LogP contribution is 2.23.